The quantitative estimate of drug-likeness (QED) is 0.0652. The molecule has 0 amide bonds. The highest BCUT2D eigenvalue weighted by Crippen LogP contribution is 2.30. The van der Waals surface area contributed by atoms with Crippen molar-refractivity contribution in [2.24, 2.45) is 5.41 Å². The summed E-state index contributed by atoms with van der Waals surface area (Å²) in [5, 5.41) is 49.5. The summed E-state index contributed by atoms with van der Waals surface area (Å²) in [5.74, 6) is 0. The topological polar surface area (TPSA) is 146 Å². The van der Waals surface area contributed by atoms with Crippen molar-refractivity contribution in [3.05, 3.63) is 0 Å². The molecule has 0 aliphatic carbocycles. The van der Waals surface area contributed by atoms with Crippen LogP contribution in [0.3, 0.4) is 0 Å². The molecule has 0 saturated carbocycles. The molecule has 0 spiro atoms. The summed E-state index contributed by atoms with van der Waals surface area (Å²) in [7, 11) is 0. The van der Waals surface area contributed by atoms with Gasteiger partial charge in [0.1, 0.15) is 0 Å². The molecule has 3 aliphatic rings. The number of unbranched alkanes of at least 4 members (excludes halogenated alkanes) is 1. The van der Waals surface area contributed by atoms with Gasteiger partial charge in [-0.15, -0.1) is 0 Å². The monoisotopic (exact) mass is 675 g/mol. The minimum absolute atomic E-state index is 0.268. The third-order valence-corrected chi connectivity index (χ3v) is 9.91. The fraction of sp³-hybridized carbons (Fsp3) is 1.00. The molecule has 0 radical (unpaired) electrons. The van der Waals surface area contributed by atoms with Gasteiger partial charge >= 0.3 is 0 Å². The van der Waals surface area contributed by atoms with Gasteiger partial charge in [0.25, 0.3) is 0 Å². The molecule has 6 N–H and O–H groups in total. The average molecular weight is 675 g/mol. The van der Waals surface area contributed by atoms with Crippen molar-refractivity contribution in [3.8, 4) is 0 Å². The molecule has 4 unspecified atom stereocenters. The number of β-amino-alcohol motifs (C(OH)–C–C–N with tert-alkyl or cyclic N) is 4. The number of piperazine rings is 3. The molecule has 4 atom stereocenters. The van der Waals surface area contributed by atoms with Crippen molar-refractivity contribution in [3.63, 3.8) is 0 Å². The number of ether oxygens (including phenoxy) is 3. The molecule has 3 rings (SSSR count). The summed E-state index contributed by atoms with van der Waals surface area (Å²) in [6.07, 6.45) is 2.24. The Kier molecular flexibility index (Phi) is 20.7. The first-order valence-electron chi connectivity index (χ1n) is 18.6. The summed E-state index contributed by atoms with van der Waals surface area (Å²) in [5.41, 5.74) is -0.321. The van der Waals surface area contributed by atoms with Crippen molar-refractivity contribution < 1.29 is 34.6 Å². The van der Waals surface area contributed by atoms with E-state index in [1.54, 1.807) is 0 Å². The average Bonchev–Trinajstić information content (AvgIpc) is 3.07. The van der Waals surface area contributed by atoms with E-state index in [1.807, 2.05) is 0 Å². The van der Waals surface area contributed by atoms with Crippen molar-refractivity contribution in [1.82, 2.24) is 30.2 Å². The highest BCUT2D eigenvalue weighted by molar-refractivity contribution is 4.82. The van der Waals surface area contributed by atoms with Gasteiger partial charge in [0.2, 0.25) is 0 Å². The largest absolute Gasteiger partial charge is 0.392 e. The number of hydrogen-bond acceptors (Lipinski definition) is 13. The van der Waals surface area contributed by atoms with Gasteiger partial charge in [0.05, 0.1) is 57.5 Å². The van der Waals surface area contributed by atoms with E-state index in [1.165, 1.54) is 0 Å². The first-order valence-corrected chi connectivity index (χ1v) is 18.6. The molecule has 13 nitrogen and oxygen atoms in total. The number of aliphatic hydroxyl groups is 4. The highest BCUT2D eigenvalue weighted by Gasteiger charge is 2.32. The maximum Gasteiger partial charge on any atom is 0.0900 e. The van der Waals surface area contributed by atoms with Crippen molar-refractivity contribution in [1.29, 1.82) is 0 Å². The Hall–Kier alpha value is -0.520. The molecule has 3 aliphatic heterocycles. The maximum atomic E-state index is 11.1. The van der Waals surface area contributed by atoms with Crippen LogP contribution in [0.4, 0.5) is 0 Å². The van der Waals surface area contributed by atoms with Crippen LogP contribution in [0.15, 0.2) is 0 Å². The van der Waals surface area contributed by atoms with Crippen LogP contribution in [0, 0.1) is 5.41 Å². The Morgan fingerprint density at radius 2 is 0.979 bits per heavy atom. The third-order valence-electron chi connectivity index (χ3n) is 9.91. The molecule has 47 heavy (non-hydrogen) atoms. The minimum Gasteiger partial charge on any atom is -0.392 e. The second-order valence-electron chi connectivity index (χ2n) is 14.2. The van der Waals surface area contributed by atoms with Gasteiger partial charge in [-0.2, -0.15) is 0 Å². The summed E-state index contributed by atoms with van der Waals surface area (Å²) in [6, 6.07) is 0. The summed E-state index contributed by atoms with van der Waals surface area (Å²) in [6.45, 7) is 20.2. The van der Waals surface area contributed by atoms with Gasteiger partial charge < -0.3 is 45.3 Å². The molecule has 278 valence electrons. The molecular weight excluding hydrogens is 604 g/mol. The van der Waals surface area contributed by atoms with Crippen LogP contribution in [0.25, 0.3) is 0 Å². The molecule has 3 saturated heterocycles. The van der Waals surface area contributed by atoms with Crippen molar-refractivity contribution >= 4 is 0 Å². The van der Waals surface area contributed by atoms with Gasteiger partial charge in [-0.25, -0.2) is 0 Å². The lowest BCUT2D eigenvalue weighted by atomic mass is 9.81. The number of nitrogens with one attached hydrogen (secondary N) is 2. The van der Waals surface area contributed by atoms with Crippen LogP contribution in [-0.4, -0.2) is 209 Å². The predicted octanol–water partition coefficient (Wildman–Crippen LogP) is -1.12. The Morgan fingerprint density at radius 3 is 1.40 bits per heavy atom. The Morgan fingerprint density at radius 1 is 0.574 bits per heavy atom. The van der Waals surface area contributed by atoms with E-state index in [0.717, 1.165) is 104 Å². The minimum atomic E-state index is -0.552. The second kappa shape index (κ2) is 23.8. The lowest BCUT2D eigenvalue weighted by Gasteiger charge is -2.37. The molecular formula is C34H70N6O7. The number of hydrogen-bond donors (Lipinski definition) is 6. The molecule has 0 bridgehead atoms. The predicted molar refractivity (Wildman–Crippen MR) is 185 cm³/mol. The van der Waals surface area contributed by atoms with Crippen LogP contribution in [-0.2, 0) is 14.2 Å². The van der Waals surface area contributed by atoms with Gasteiger partial charge in [-0.1, -0.05) is 20.3 Å². The zero-order valence-electron chi connectivity index (χ0n) is 29.7. The number of nitrogens with zero attached hydrogens (tertiary/aromatic N) is 4. The van der Waals surface area contributed by atoms with E-state index < -0.39 is 24.4 Å². The molecule has 13 heteroatoms. The van der Waals surface area contributed by atoms with E-state index in [2.05, 4.69) is 44.1 Å². The second-order valence-corrected chi connectivity index (χ2v) is 14.2. The third kappa shape index (κ3) is 17.3. The maximum absolute atomic E-state index is 11.1. The van der Waals surface area contributed by atoms with Crippen LogP contribution in [0.2, 0.25) is 0 Å². The van der Waals surface area contributed by atoms with E-state index in [9.17, 15) is 20.4 Å². The van der Waals surface area contributed by atoms with Gasteiger partial charge in [-0.3, -0.25) is 19.6 Å². The Balaban J connectivity index is 1.42. The lowest BCUT2D eigenvalue weighted by molar-refractivity contribution is -0.0738. The van der Waals surface area contributed by atoms with E-state index in [4.69, 9.17) is 14.2 Å². The summed E-state index contributed by atoms with van der Waals surface area (Å²) in [4.78, 5) is 9.12. The Bertz CT molecular complexity index is 737. The van der Waals surface area contributed by atoms with Crippen LogP contribution >= 0.6 is 0 Å². The van der Waals surface area contributed by atoms with Crippen LogP contribution in [0.1, 0.15) is 46.0 Å². The lowest BCUT2D eigenvalue weighted by Crippen LogP contribution is -2.50. The SMILES string of the molecule is CCCCOCC(O)CN1CCN(CC(O)CCC(CC)(COCC(O)CN2CCNCC2)COCC(O)CN2CCNCC2)CC1. The first kappa shape index (κ1) is 40.9. The smallest absolute Gasteiger partial charge is 0.0900 e. The first-order chi connectivity index (χ1) is 22.8. The summed E-state index contributed by atoms with van der Waals surface area (Å²) >= 11 is 0. The standard InChI is InChI=1S/C34H70N6O7/c1-3-5-20-45-25-31(42)24-40-18-16-39(17-19-40)21-30(41)6-7-34(4-2,28-46-26-32(43)22-37-12-8-35-9-13-37)29-47-27-33(44)23-38-14-10-36-11-15-38/h30-33,35-36,41-44H,3-29H2,1-2H3. The van der Waals surface area contributed by atoms with E-state index in [0.29, 0.717) is 59.0 Å². The zero-order chi connectivity index (χ0) is 33.7. The Labute approximate surface area is 284 Å². The highest BCUT2D eigenvalue weighted by atomic mass is 16.5. The molecule has 0 aromatic carbocycles. The van der Waals surface area contributed by atoms with Gasteiger partial charge in [-0.05, 0) is 25.7 Å². The normalized spacial score (nSPS) is 23.4. The van der Waals surface area contributed by atoms with Crippen LogP contribution in [0.5, 0.6) is 0 Å². The molecule has 0 aromatic heterocycles. The van der Waals surface area contributed by atoms with Crippen LogP contribution < -0.4 is 10.6 Å². The van der Waals surface area contributed by atoms with Crippen molar-refractivity contribution in [2.75, 3.05) is 144 Å². The van der Waals surface area contributed by atoms with Crippen molar-refractivity contribution in [2.45, 2.75) is 70.4 Å². The number of aliphatic hydroxyl groups excluding tert-OH is 4. The fourth-order valence-corrected chi connectivity index (χ4v) is 6.71. The van der Waals surface area contributed by atoms with Gasteiger partial charge in [0.15, 0.2) is 0 Å². The summed E-state index contributed by atoms with van der Waals surface area (Å²) < 4.78 is 17.9. The van der Waals surface area contributed by atoms with E-state index in [-0.39, 0.29) is 18.6 Å². The van der Waals surface area contributed by atoms with E-state index >= 15 is 0 Å². The molecule has 3 fully saturated rings. The fourth-order valence-electron chi connectivity index (χ4n) is 6.71. The zero-order valence-corrected chi connectivity index (χ0v) is 29.7. The molecule has 0 aromatic rings. The number of rotatable bonds is 25. The molecule has 3 heterocycles. The van der Waals surface area contributed by atoms with Gasteiger partial charge in [0, 0.05) is 117 Å².